The van der Waals surface area contributed by atoms with E-state index >= 15 is 0 Å². The molecule has 2 amide bonds. The highest BCUT2D eigenvalue weighted by Crippen LogP contribution is 2.21. The van der Waals surface area contributed by atoms with E-state index in [1.807, 2.05) is 0 Å². The SMILES string of the molecule is COCCNC(=O)Cn1c(CO)cnc1SCC(=O)Nc1cccc([N+](=O)[O-])c1. The van der Waals surface area contributed by atoms with Crippen molar-refractivity contribution >= 4 is 35.0 Å². The molecule has 0 radical (unpaired) electrons. The van der Waals surface area contributed by atoms with Crippen LogP contribution in [0.5, 0.6) is 0 Å². The first-order chi connectivity index (χ1) is 13.9. The Bertz CT molecular complexity index is 872. The number of thioether (sulfide) groups is 1. The molecule has 1 heterocycles. The Balaban J connectivity index is 1.96. The van der Waals surface area contributed by atoms with Gasteiger partial charge in [-0.3, -0.25) is 19.7 Å². The lowest BCUT2D eigenvalue weighted by Gasteiger charge is -2.11. The molecule has 1 aromatic carbocycles. The second-order valence-corrected chi connectivity index (χ2v) is 6.71. The van der Waals surface area contributed by atoms with E-state index in [-0.39, 0.29) is 36.4 Å². The number of nitrogens with zero attached hydrogens (tertiary/aromatic N) is 3. The summed E-state index contributed by atoms with van der Waals surface area (Å²) in [6.45, 7) is 0.363. The number of anilines is 1. The molecule has 0 aliphatic carbocycles. The maximum absolute atomic E-state index is 12.2. The number of hydrogen-bond acceptors (Lipinski definition) is 8. The molecule has 0 aliphatic heterocycles. The van der Waals surface area contributed by atoms with E-state index in [9.17, 15) is 24.8 Å². The first-order valence-corrected chi connectivity index (χ1v) is 9.51. The van der Waals surface area contributed by atoms with Crippen molar-refractivity contribution in [3.05, 3.63) is 46.3 Å². The number of carbonyl (C=O) groups excluding carboxylic acids is 2. The average Bonchev–Trinajstić information content (AvgIpc) is 3.08. The van der Waals surface area contributed by atoms with Crippen LogP contribution in [0.25, 0.3) is 0 Å². The number of benzene rings is 1. The first kappa shape index (κ1) is 22.3. The summed E-state index contributed by atoms with van der Waals surface area (Å²) in [6.07, 6.45) is 1.43. The average molecular weight is 423 g/mol. The number of hydrogen-bond donors (Lipinski definition) is 3. The van der Waals surface area contributed by atoms with Gasteiger partial charge in [0.2, 0.25) is 11.8 Å². The van der Waals surface area contributed by atoms with E-state index < -0.39 is 4.92 Å². The summed E-state index contributed by atoms with van der Waals surface area (Å²) in [4.78, 5) is 38.6. The third-order valence-corrected chi connectivity index (χ3v) is 4.66. The predicted octanol–water partition coefficient (Wildman–Crippen LogP) is 0.777. The van der Waals surface area contributed by atoms with Gasteiger partial charge in [0.05, 0.1) is 35.8 Å². The Morgan fingerprint density at radius 1 is 1.38 bits per heavy atom. The van der Waals surface area contributed by atoms with Crippen LogP contribution in [0.2, 0.25) is 0 Å². The molecule has 0 unspecified atom stereocenters. The Morgan fingerprint density at radius 3 is 2.86 bits per heavy atom. The third kappa shape index (κ3) is 6.85. The van der Waals surface area contributed by atoms with E-state index in [2.05, 4.69) is 15.6 Å². The molecule has 11 nitrogen and oxygen atoms in total. The number of aliphatic hydroxyl groups excluding tert-OH is 1. The molecule has 0 bridgehead atoms. The van der Waals surface area contributed by atoms with Gasteiger partial charge in [-0.1, -0.05) is 17.8 Å². The molecule has 0 atom stereocenters. The van der Waals surface area contributed by atoms with Crippen LogP contribution >= 0.6 is 11.8 Å². The quantitative estimate of drug-likeness (QED) is 0.208. The number of methoxy groups -OCH3 is 1. The van der Waals surface area contributed by atoms with E-state index in [4.69, 9.17) is 4.74 Å². The Labute approximate surface area is 170 Å². The summed E-state index contributed by atoms with van der Waals surface area (Å²) in [6, 6.07) is 5.61. The molecule has 2 aromatic rings. The van der Waals surface area contributed by atoms with Crippen LogP contribution in [-0.4, -0.2) is 57.4 Å². The van der Waals surface area contributed by atoms with Crippen molar-refractivity contribution in [1.82, 2.24) is 14.9 Å². The Kier molecular flexibility index (Phi) is 8.58. The van der Waals surface area contributed by atoms with Crippen molar-refractivity contribution in [2.75, 3.05) is 31.3 Å². The maximum atomic E-state index is 12.2. The van der Waals surface area contributed by atoms with Crippen molar-refractivity contribution in [3.8, 4) is 0 Å². The van der Waals surface area contributed by atoms with Gasteiger partial charge >= 0.3 is 0 Å². The zero-order valence-electron chi connectivity index (χ0n) is 15.7. The van der Waals surface area contributed by atoms with Crippen molar-refractivity contribution in [2.24, 2.45) is 0 Å². The fraction of sp³-hybridized carbons (Fsp3) is 0.353. The van der Waals surface area contributed by atoms with E-state index in [1.54, 1.807) is 6.07 Å². The van der Waals surface area contributed by atoms with Crippen molar-refractivity contribution in [2.45, 2.75) is 18.3 Å². The van der Waals surface area contributed by atoms with Crippen molar-refractivity contribution in [3.63, 3.8) is 0 Å². The van der Waals surface area contributed by atoms with E-state index in [0.717, 1.165) is 11.8 Å². The van der Waals surface area contributed by atoms with Gasteiger partial charge in [-0.15, -0.1) is 0 Å². The molecule has 12 heteroatoms. The summed E-state index contributed by atoms with van der Waals surface area (Å²) < 4.78 is 6.39. The number of amides is 2. The fourth-order valence-corrected chi connectivity index (χ4v) is 3.12. The molecular weight excluding hydrogens is 402 g/mol. The van der Waals surface area contributed by atoms with Gasteiger partial charge in [0.15, 0.2) is 5.16 Å². The highest BCUT2D eigenvalue weighted by atomic mass is 32.2. The van der Waals surface area contributed by atoms with Crippen LogP contribution in [-0.2, 0) is 27.5 Å². The van der Waals surface area contributed by atoms with E-state index in [0.29, 0.717) is 29.7 Å². The summed E-state index contributed by atoms with van der Waals surface area (Å²) in [5, 5.41) is 25.9. The predicted molar refractivity (Wildman–Crippen MR) is 105 cm³/mol. The second-order valence-electron chi connectivity index (χ2n) is 5.76. The largest absolute Gasteiger partial charge is 0.390 e. The molecule has 3 N–H and O–H groups in total. The summed E-state index contributed by atoms with van der Waals surface area (Å²) in [5.41, 5.74) is 0.619. The molecular formula is C17H21N5O6S. The number of aliphatic hydroxyl groups is 1. The fourth-order valence-electron chi connectivity index (χ4n) is 2.32. The lowest BCUT2D eigenvalue weighted by atomic mass is 10.3. The molecule has 0 saturated heterocycles. The smallest absolute Gasteiger partial charge is 0.271 e. The number of aromatic nitrogens is 2. The van der Waals surface area contributed by atoms with Gasteiger partial charge in [0, 0.05) is 31.5 Å². The van der Waals surface area contributed by atoms with Crippen LogP contribution in [0.1, 0.15) is 5.69 Å². The number of nitro groups is 1. The van der Waals surface area contributed by atoms with Crippen molar-refractivity contribution in [1.29, 1.82) is 0 Å². The van der Waals surface area contributed by atoms with Crippen LogP contribution < -0.4 is 10.6 Å². The number of nitrogens with one attached hydrogen (secondary N) is 2. The summed E-state index contributed by atoms with van der Waals surface area (Å²) in [7, 11) is 1.53. The summed E-state index contributed by atoms with van der Waals surface area (Å²) in [5.74, 6) is -0.701. The van der Waals surface area contributed by atoms with Gasteiger partial charge in [0.25, 0.3) is 5.69 Å². The topological polar surface area (TPSA) is 149 Å². The lowest BCUT2D eigenvalue weighted by molar-refractivity contribution is -0.384. The van der Waals surface area contributed by atoms with Crippen LogP contribution in [0.15, 0.2) is 35.6 Å². The van der Waals surface area contributed by atoms with Crippen LogP contribution in [0.4, 0.5) is 11.4 Å². The van der Waals surface area contributed by atoms with Gasteiger partial charge in [-0.05, 0) is 6.07 Å². The molecule has 0 fully saturated rings. The second kappa shape index (κ2) is 11.1. The number of carbonyl (C=O) groups is 2. The number of ether oxygens (including phenoxy) is 1. The van der Waals surface area contributed by atoms with Crippen LogP contribution in [0.3, 0.4) is 0 Å². The van der Waals surface area contributed by atoms with Gasteiger partial charge in [0.1, 0.15) is 6.54 Å². The zero-order chi connectivity index (χ0) is 21.2. The highest BCUT2D eigenvalue weighted by Gasteiger charge is 2.15. The zero-order valence-corrected chi connectivity index (χ0v) is 16.5. The highest BCUT2D eigenvalue weighted by molar-refractivity contribution is 7.99. The molecule has 0 aliphatic rings. The monoisotopic (exact) mass is 423 g/mol. The molecule has 156 valence electrons. The molecule has 0 spiro atoms. The number of imidazole rings is 1. The number of rotatable bonds is 11. The minimum atomic E-state index is -0.546. The first-order valence-electron chi connectivity index (χ1n) is 8.52. The number of non-ortho nitro benzene ring substituents is 1. The third-order valence-electron chi connectivity index (χ3n) is 3.67. The van der Waals surface area contributed by atoms with E-state index in [1.165, 1.54) is 36.1 Å². The normalized spacial score (nSPS) is 10.6. The summed E-state index contributed by atoms with van der Waals surface area (Å²) >= 11 is 1.08. The van der Waals surface area contributed by atoms with Crippen LogP contribution in [0, 0.1) is 10.1 Å². The molecule has 0 saturated carbocycles. The Morgan fingerprint density at radius 2 is 2.17 bits per heavy atom. The van der Waals surface area contributed by atoms with Crippen molar-refractivity contribution < 1.29 is 24.4 Å². The van der Waals surface area contributed by atoms with Gasteiger partial charge in [-0.25, -0.2) is 4.98 Å². The van der Waals surface area contributed by atoms with Gasteiger partial charge in [-0.2, -0.15) is 0 Å². The molecule has 29 heavy (non-hydrogen) atoms. The minimum Gasteiger partial charge on any atom is -0.390 e. The minimum absolute atomic E-state index is 0.0319. The lowest BCUT2D eigenvalue weighted by Crippen LogP contribution is -2.31. The Hall–Kier alpha value is -2.96. The molecule has 1 aromatic heterocycles. The van der Waals surface area contributed by atoms with Gasteiger partial charge < -0.3 is 25.0 Å². The maximum Gasteiger partial charge on any atom is 0.271 e. The molecule has 2 rings (SSSR count). The standard InChI is InChI=1S/C17H21N5O6S/c1-28-6-5-18-15(24)9-21-14(10-23)8-19-17(21)29-11-16(25)20-12-3-2-4-13(7-12)22(26)27/h2-4,7-8,23H,5-6,9-11H2,1H3,(H,18,24)(H,20,25). The number of nitro benzene ring substituents is 1.